The summed E-state index contributed by atoms with van der Waals surface area (Å²) in [6.07, 6.45) is -0.141. The van der Waals surface area contributed by atoms with Crippen LogP contribution in [0, 0.1) is 10.1 Å². The molecule has 0 spiro atoms. The van der Waals surface area contributed by atoms with Gasteiger partial charge in [0, 0.05) is 6.26 Å². The van der Waals surface area contributed by atoms with Crippen LogP contribution in [-0.2, 0) is 21.1 Å². The fourth-order valence-electron chi connectivity index (χ4n) is 2.73. The Bertz CT molecular complexity index is 1230. The number of nitrogens with two attached hydrogens (primary N) is 1. The van der Waals surface area contributed by atoms with E-state index in [0.29, 0.717) is 11.3 Å². The standard InChI is InChI=1S/C21H31N5O7SSi/c1-8-32-20(27)25(18-16(26(28)29)17(22)23-19(24-18)34(5,30)31)13-14-10-9-11-15(12-14)33-35(6,7)21(2,3)4/h9-12H,8,13H2,1-7H3,(H2,22,23,24). The van der Waals surface area contributed by atoms with Crippen LogP contribution in [0.5, 0.6) is 5.75 Å². The Morgan fingerprint density at radius 2 is 1.89 bits per heavy atom. The number of carbonyl (C=O) groups is 1. The fraction of sp³-hybridized carbons (Fsp3) is 0.476. The fourth-order valence-corrected chi connectivity index (χ4v) is 4.27. The first-order valence-electron chi connectivity index (χ1n) is 10.7. The first kappa shape index (κ1) is 28.0. The van der Waals surface area contributed by atoms with E-state index in [1.165, 1.54) is 0 Å². The summed E-state index contributed by atoms with van der Waals surface area (Å²) in [4.78, 5) is 31.9. The van der Waals surface area contributed by atoms with E-state index in [1.807, 2.05) is 0 Å². The van der Waals surface area contributed by atoms with Gasteiger partial charge in [-0.05, 0) is 42.8 Å². The van der Waals surface area contributed by atoms with Crippen molar-refractivity contribution in [3.05, 3.63) is 39.9 Å². The zero-order valence-corrected chi connectivity index (χ0v) is 22.7. The van der Waals surface area contributed by atoms with Gasteiger partial charge in [-0.1, -0.05) is 32.9 Å². The number of hydrogen-bond donors (Lipinski definition) is 1. The summed E-state index contributed by atoms with van der Waals surface area (Å²) in [5, 5.41) is 10.9. The van der Waals surface area contributed by atoms with E-state index in [9.17, 15) is 23.3 Å². The lowest BCUT2D eigenvalue weighted by molar-refractivity contribution is -0.383. The zero-order chi connectivity index (χ0) is 26.8. The van der Waals surface area contributed by atoms with Gasteiger partial charge in [0.1, 0.15) is 5.75 Å². The second kappa shape index (κ2) is 10.2. The molecule has 192 valence electrons. The minimum absolute atomic E-state index is 0.0306. The van der Waals surface area contributed by atoms with E-state index in [0.717, 1.165) is 11.2 Å². The minimum Gasteiger partial charge on any atom is -0.543 e. The van der Waals surface area contributed by atoms with Crippen LogP contribution in [0.1, 0.15) is 33.3 Å². The van der Waals surface area contributed by atoms with E-state index < -0.39 is 51.7 Å². The second-order valence-corrected chi connectivity index (χ2v) is 16.0. The smallest absolute Gasteiger partial charge is 0.415 e. The average Bonchev–Trinajstić information content (AvgIpc) is 2.69. The second-order valence-electron chi connectivity index (χ2n) is 9.39. The van der Waals surface area contributed by atoms with Crippen molar-refractivity contribution in [2.45, 2.75) is 57.5 Å². The van der Waals surface area contributed by atoms with Crippen LogP contribution in [0.15, 0.2) is 29.4 Å². The summed E-state index contributed by atoms with van der Waals surface area (Å²) in [6.45, 7) is 11.8. The van der Waals surface area contributed by atoms with E-state index in [1.54, 1.807) is 31.2 Å². The molecule has 0 unspecified atom stereocenters. The molecule has 0 bridgehead atoms. The Hall–Kier alpha value is -3.26. The molecule has 35 heavy (non-hydrogen) atoms. The molecule has 14 heteroatoms. The van der Waals surface area contributed by atoms with Crippen molar-refractivity contribution >= 4 is 41.6 Å². The van der Waals surface area contributed by atoms with Gasteiger partial charge in [0.2, 0.25) is 29.8 Å². The van der Waals surface area contributed by atoms with Crippen LogP contribution in [0.25, 0.3) is 0 Å². The minimum atomic E-state index is -3.99. The van der Waals surface area contributed by atoms with Crippen molar-refractivity contribution in [1.82, 2.24) is 9.97 Å². The summed E-state index contributed by atoms with van der Waals surface area (Å²) >= 11 is 0. The third-order valence-electron chi connectivity index (χ3n) is 5.55. The quantitative estimate of drug-likeness (QED) is 0.231. The molecule has 0 aliphatic heterocycles. The van der Waals surface area contributed by atoms with E-state index >= 15 is 0 Å². The zero-order valence-electron chi connectivity index (χ0n) is 20.9. The number of anilines is 2. The van der Waals surface area contributed by atoms with E-state index in [2.05, 4.69) is 43.8 Å². The number of nitro groups is 1. The molecular weight excluding hydrogens is 494 g/mol. The van der Waals surface area contributed by atoms with Crippen molar-refractivity contribution in [1.29, 1.82) is 0 Å². The number of carbonyl (C=O) groups excluding carboxylic acids is 1. The lowest BCUT2D eigenvalue weighted by atomic mass is 10.2. The summed E-state index contributed by atoms with van der Waals surface area (Å²) in [7, 11) is -6.16. The van der Waals surface area contributed by atoms with E-state index in [-0.39, 0.29) is 18.2 Å². The molecule has 0 fully saturated rings. The lowest BCUT2D eigenvalue weighted by Gasteiger charge is -2.36. The van der Waals surface area contributed by atoms with Gasteiger partial charge in [-0.25, -0.2) is 13.2 Å². The van der Waals surface area contributed by atoms with Crippen molar-refractivity contribution in [3.63, 3.8) is 0 Å². The molecule has 12 nitrogen and oxygen atoms in total. The number of amides is 1. The molecule has 0 aliphatic rings. The van der Waals surface area contributed by atoms with Crippen LogP contribution >= 0.6 is 0 Å². The molecule has 1 aromatic carbocycles. The molecule has 2 N–H and O–H groups in total. The van der Waals surface area contributed by atoms with Crippen LogP contribution in [0.2, 0.25) is 18.1 Å². The van der Waals surface area contributed by atoms with Crippen LogP contribution in [0.4, 0.5) is 22.1 Å². The monoisotopic (exact) mass is 525 g/mol. The number of aromatic nitrogens is 2. The molecule has 2 aromatic rings. The predicted molar refractivity (Wildman–Crippen MR) is 134 cm³/mol. The number of nitrogens with zero attached hydrogens (tertiary/aromatic N) is 4. The largest absolute Gasteiger partial charge is 0.543 e. The van der Waals surface area contributed by atoms with Gasteiger partial charge in [-0.15, -0.1) is 0 Å². The van der Waals surface area contributed by atoms with Gasteiger partial charge in [-0.2, -0.15) is 9.97 Å². The van der Waals surface area contributed by atoms with Gasteiger partial charge < -0.3 is 14.9 Å². The third-order valence-corrected chi connectivity index (χ3v) is 10.8. The Morgan fingerprint density at radius 1 is 1.26 bits per heavy atom. The summed E-state index contributed by atoms with van der Waals surface area (Å²) < 4.78 is 35.5. The molecule has 0 saturated heterocycles. The van der Waals surface area contributed by atoms with Gasteiger partial charge in [0.05, 0.1) is 18.1 Å². The topological polar surface area (TPSA) is 168 Å². The lowest BCUT2D eigenvalue weighted by Crippen LogP contribution is -2.43. The summed E-state index contributed by atoms with van der Waals surface area (Å²) in [5.41, 5.74) is 5.44. The molecule has 2 rings (SSSR count). The molecule has 0 saturated carbocycles. The Balaban J connectivity index is 2.62. The highest BCUT2D eigenvalue weighted by Crippen LogP contribution is 2.38. The highest BCUT2D eigenvalue weighted by Gasteiger charge is 2.39. The van der Waals surface area contributed by atoms with Gasteiger partial charge in [0.15, 0.2) is 0 Å². The molecule has 0 radical (unpaired) electrons. The van der Waals surface area contributed by atoms with Gasteiger partial charge >= 0.3 is 11.8 Å². The number of hydrogen-bond acceptors (Lipinski definition) is 10. The molecule has 1 amide bonds. The summed E-state index contributed by atoms with van der Waals surface area (Å²) in [5.74, 6) is -0.701. The maximum Gasteiger partial charge on any atom is 0.415 e. The SMILES string of the molecule is CCOC(=O)N(Cc1cccc(O[Si](C)(C)C(C)(C)C)c1)c1nc(S(C)(=O)=O)nc(N)c1[N+](=O)[O-]. The number of rotatable bonds is 8. The number of sulfone groups is 1. The molecular formula is C21H31N5O7SSi. The number of ether oxygens (including phenoxy) is 1. The Morgan fingerprint density at radius 3 is 2.40 bits per heavy atom. The first-order valence-corrected chi connectivity index (χ1v) is 15.5. The summed E-state index contributed by atoms with van der Waals surface area (Å²) in [6, 6.07) is 6.91. The normalized spacial score (nSPS) is 12.2. The highest BCUT2D eigenvalue weighted by molar-refractivity contribution is 7.90. The predicted octanol–water partition coefficient (Wildman–Crippen LogP) is 3.92. The van der Waals surface area contributed by atoms with Crippen LogP contribution in [0.3, 0.4) is 0 Å². The van der Waals surface area contributed by atoms with E-state index in [4.69, 9.17) is 14.9 Å². The Kier molecular flexibility index (Phi) is 8.12. The average molecular weight is 526 g/mol. The highest BCUT2D eigenvalue weighted by atomic mass is 32.2. The van der Waals surface area contributed by atoms with Crippen molar-refractivity contribution in [3.8, 4) is 5.75 Å². The Labute approximate surface area is 205 Å². The third kappa shape index (κ3) is 6.66. The molecule has 0 atom stereocenters. The first-order chi connectivity index (χ1) is 16.0. The van der Waals surface area contributed by atoms with Crippen molar-refractivity contribution < 1.29 is 27.3 Å². The van der Waals surface area contributed by atoms with Crippen LogP contribution in [-0.4, -0.2) is 50.6 Å². The maximum absolute atomic E-state index is 12.8. The molecule has 1 aromatic heterocycles. The maximum atomic E-state index is 12.8. The molecule has 1 heterocycles. The number of nitrogen functional groups attached to an aromatic ring is 1. The van der Waals surface area contributed by atoms with Crippen LogP contribution < -0.4 is 15.1 Å². The number of benzene rings is 1. The van der Waals surface area contributed by atoms with Crippen molar-refractivity contribution in [2.75, 3.05) is 23.5 Å². The molecule has 0 aliphatic carbocycles. The van der Waals surface area contributed by atoms with Gasteiger partial charge in [-0.3, -0.25) is 15.0 Å². The van der Waals surface area contributed by atoms with Crippen molar-refractivity contribution in [2.24, 2.45) is 0 Å². The van der Waals surface area contributed by atoms with Gasteiger partial charge in [0.25, 0.3) is 5.16 Å².